The first kappa shape index (κ1) is 22.0. The van der Waals surface area contributed by atoms with Crippen LogP contribution in [-0.4, -0.2) is 55.2 Å². The molecule has 3 N–H and O–H groups in total. The number of piperazine rings is 1. The summed E-state index contributed by atoms with van der Waals surface area (Å²) in [5, 5.41) is 6.59. The molecule has 2 amide bonds. The first-order valence-corrected chi connectivity index (χ1v) is 12.0. The number of hydrogen-bond donors (Lipinski definition) is 3. The van der Waals surface area contributed by atoms with Crippen LogP contribution in [0.5, 0.6) is 0 Å². The predicted molar refractivity (Wildman–Crippen MR) is 121 cm³/mol. The lowest BCUT2D eigenvalue weighted by Gasteiger charge is -2.33. The van der Waals surface area contributed by atoms with Crippen molar-refractivity contribution >= 4 is 32.7 Å². The third-order valence-electron chi connectivity index (χ3n) is 5.68. The molecule has 168 valence electrons. The van der Waals surface area contributed by atoms with Gasteiger partial charge in [0.15, 0.2) is 0 Å². The van der Waals surface area contributed by atoms with Gasteiger partial charge >= 0.3 is 0 Å². The van der Waals surface area contributed by atoms with Crippen molar-refractivity contribution in [1.29, 1.82) is 0 Å². The summed E-state index contributed by atoms with van der Waals surface area (Å²) in [4.78, 5) is 28.4. The van der Waals surface area contributed by atoms with Gasteiger partial charge in [0.1, 0.15) is 6.04 Å². The minimum absolute atomic E-state index is 0.113. The molecule has 1 atom stereocenters. The Labute approximate surface area is 187 Å². The molecule has 0 saturated carbocycles. The summed E-state index contributed by atoms with van der Waals surface area (Å²) < 4.78 is 27.4. The number of hydrogen-bond acceptors (Lipinski definition) is 4. The average molecular weight is 455 g/mol. The van der Waals surface area contributed by atoms with E-state index < -0.39 is 22.0 Å². The molecule has 8 nitrogen and oxygen atoms in total. The van der Waals surface area contributed by atoms with Crippen LogP contribution in [-0.2, 0) is 26.0 Å². The van der Waals surface area contributed by atoms with Crippen LogP contribution in [0.2, 0.25) is 0 Å². The van der Waals surface area contributed by atoms with E-state index in [1.54, 1.807) is 12.1 Å². The molecule has 1 saturated heterocycles. The molecule has 32 heavy (non-hydrogen) atoms. The van der Waals surface area contributed by atoms with Gasteiger partial charge in [-0.05, 0) is 37.1 Å². The smallest absolute Gasteiger partial charge is 0.243 e. The Balaban J connectivity index is 1.41. The number of carbonyl (C=O) groups is 2. The number of fused-ring (bicyclic) bond motifs is 1. The number of aromatic nitrogens is 1. The Hall–Kier alpha value is -3.17. The van der Waals surface area contributed by atoms with Crippen molar-refractivity contribution in [2.75, 3.05) is 19.6 Å². The molecule has 0 bridgehead atoms. The maximum atomic E-state index is 13.1. The highest BCUT2D eigenvalue weighted by Gasteiger charge is 2.39. The highest BCUT2D eigenvalue weighted by Crippen LogP contribution is 2.22. The number of para-hydroxylation sites is 1. The number of aromatic amines is 1. The molecule has 9 heteroatoms. The quantitative estimate of drug-likeness (QED) is 0.505. The van der Waals surface area contributed by atoms with Gasteiger partial charge in [-0.15, -0.1) is 0 Å². The molecule has 0 aliphatic carbocycles. The highest BCUT2D eigenvalue weighted by atomic mass is 32.2. The zero-order valence-electron chi connectivity index (χ0n) is 17.8. The number of amides is 2. The van der Waals surface area contributed by atoms with Crippen molar-refractivity contribution in [1.82, 2.24) is 19.9 Å². The van der Waals surface area contributed by atoms with E-state index in [4.69, 9.17) is 0 Å². The summed E-state index contributed by atoms with van der Waals surface area (Å²) in [6.45, 7) is 2.59. The molecule has 1 aliphatic heterocycles. The highest BCUT2D eigenvalue weighted by molar-refractivity contribution is 7.89. The van der Waals surface area contributed by atoms with Gasteiger partial charge < -0.3 is 15.6 Å². The molecule has 1 aromatic heterocycles. The number of nitrogens with zero attached hydrogens (tertiary/aromatic N) is 1. The number of benzene rings is 2. The Kier molecular flexibility index (Phi) is 6.29. The Morgan fingerprint density at radius 2 is 1.91 bits per heavy atom. The van der Waals surface area contributed by atoms with Crippen LogP contribution in [0.4, 0.5) is 0 Å². The predicted octanol–water partition coefficient (Wildman–Crippen LogP) is 1.71. The maximum Gasteiger partial charge on any atom is 0.243 e. The largest absolute Gasteiger partial charge is 0.361 e. The first-order chi connectivity index (χ1) is 15.4. The second-order valence-electron chi connectivity index (χ2n) is 7.90. The van der Waals surface area contributed by atoms with Crippen molar-refractivity contribution < 1.29 is 18.0 Å². The Morgan fingerprint density at radius 1 is 1.16 bits per heavy atom. The summed E-state index contributed by atoms with van der Waals surface area (Å²) >= 11 is 0. The van der Waals surface area contributed by atoms with Crippen molar-refractivity contribution in [3.05, 3.63) is 65.9 Å². The zero-order valence-corrected chi connectivity index (χ0v) is 18.6. The van der Waals surface area contributed by atoms with Gasteiger partial charge in [-0.3, -0.25) is 9.59 Å². The van der Waals surface area contributed by atoms with Gasteiger partial charge in [-0.25, -0.2) is 8.42 Å². The summed E-state index contributed by atoms with van der Waals surface area (Å²) in [6, 6.07) is 13.3. The fourth-order valence-corrected chi connectivity index (χ4v) is 5.53. The number of aryl methyl sites for hydroxylation is 1. The molecular formula is C23H26N4O4S. The van der Waals surface area contributed by atoms with E-state index in [-0.39, 0.29) is 30.3 Å². The summed E-state index contributed by atoms with van der Waals surface area (Å²) in [5.74, 6) is -0.824. The van der Waals surface area contributed by atoms with Crippen LogP contribution in [0.1, 0.15) is 17.5 Å². The van der Waals surface area contributed by atoms with Gasteiger partial charge in [-0.1, -0.05) is 35.9 Å². The SMILES string of the molecule is Cc1ccc(S(=O)(=O)N2CCNC(=O)[C@H]2CC(=O)NCCc2c[nH]c3ccccc23)cc1. The second-order valence-corrected chi connectivity index (χ2v) is 9.79. The molecule has 0 spiro atoms. The van der Waals surface area contributed by atoms with Gasteiger partial charge in [-0.2, -0.15) is 4.31 Å². The normalized spacial score (nSPS) is 17.3. The first-order valence-electron chi connectivity index (χ1n) is 10.5. The summed E-state index contributed by atoms with van der Waals surface area (Å²) in [5.41, 5.74) is 3.05. The van der Waals surface area contributed by atoms with Crippen molar-refractivity contribution in [3.8, 4) is 0 Å². The molecule has 2 heterocycles. The minimum atomic E-state index is -3.90. The van der Waals surface area contributed by atoms with Crippen LogP contribution in [0.3, 0.4) is 0 Å². The number of H-pyrrole nitrogens is 1. The maximum absolute atomic E-state index is 13.1. The molecule has 0 radical (unpaired) electrons. The number of carbonyl (C=O) groups excluding carboxylic acids is 2. The van der Waals surface area contributed by atoms with Crippen molar-refractivity contribution in [2.45, 2.75) is 30.7 Å². The van der Waals surface area contributed by atoms with Crippen molar-refractivity contribution in [3.63, 3.8) is 0 Å². The van der Waals surface area contributed by atoms with Gasteiger partial charge in [0.2, 0.25) is 21.8 Å². The molecular weight excluding hydrogens is 428 g/mol. The number of sulfonamides is 1. The van der Waals surface area contributed by atoms with Crippen LogP contribution in [0.25, 0.3) is 10.9 Å². The molecule has 1 fully saturated rings. The van der Waals surface area contributed by atoms with Crippen molar-refractivity contribution in [2.24, 2.45) is 0 Å². The fraction of sp³-hybridized carbons (Fsp3) is 0.304. The van der Waals surface area contributed by atoms with E-state index >= 15 is 0 Å². The fourth-order valence-electron chi connectivity index (χ4n) is 3.94. The molecule has 0 unspecified atom stereocenters. The summed E-state index contributed by atoms with van der Waals surface area (Å²) in [7, 11) is -3.90. The topological polar surface area (TPSA) is 111 Å². The Morgan fingerprint density at radius 3 is 2.69 bits per heavy atom. The molecule has 4 rings (SSSR count). The second kappa shape index (κ2) is 9.13. The third kappa shape index (κ3) is 4.53. The standard InChI is InChI=1S/C23H26N4O4S/c1-16-6-8-18(9-7-16)32(30,31)27-13-12-25-23(29)21(27)14-22(28)24-11-10-17-15-26-20-5-3-2-4-19(17)20/h2-9,15,21,26H,10-14H2,1H3,(H,24,28)(H,25,29)/t21-/m1/s1. The molecule has 3 aromatic rings. The van der Waals surface area contributed by atoms with E-state index in [1.807, 2.05) is 37.4 Å². The van der Waals surface area contributed by atoms with Crippen LogP contribution < -0.4 is 10.6 Å². The lowest BCUT2D eigenvalue weighted by Crippen LogP contribution is -2.58. The van der Waals surface area contributed by atoms with Crippen LogP contribution >= 0.6 is 0 Å². The molecule has 1 aliphatic rings. The third-order valence-corrected chi connectivity index (χ3v) is 7.60. The number of nitrogens with one attached hydrogen (secondary N) is 3. The minimum Gasteiger partial charge on any atom is -0.361 e. The summed E-state index contributed by atoms with van der Waals surface area (Å²) in [6.07, 6.45) is 2.31. The lowest BCUT2D eigenvalue weighted by molar-refractivity contribution is -0.131. The Bertz CT molecular complexity index is 1230. The van der Waals surface area contributed by atoms with Gasteiger partial charge in [0.05, 0.1) is 11.3 Å². The molecule has 2 aromatic carbocycles. The van der Waals surface area contributed by atoms with E-state index in [0.29, 0.717) is 13.0 Å². The van der Waals surface area contributed by atoms with Gasteiger partial charge in [0.25, 0.3) is 0 Å². The van der Waals surface area contributed by atoms with Crippen LogP contribution in [0, 0.1) is 6.92 Å². The zero-order chi connectivity index (χ0) is 22.7. The lowest BCUT2D eigenvalue weighted by atomic mass is 10.1. The van der Waals surface area contributed by atoms with E-state index in [9.17, 15) is 18.0 Å². The van der Waals surface area contributed by atoms with E-state index in [2.05, 4.69) is 15.6 Å². The van der Waals surface area contributed by atoms with E-state index in [1.165, 1.54) is 12.1 Å². The van der Waals surface area contributed by atoms with E-state index in [0.717, 1.165) is 26.3 Å². The average Bonchev–Trinajstić information content (AvgIpc) is 3.18. The van der Waals surface area contributed by atoms with Gasteiger partial charge in [0, 0.05) is 36.7 Å². The monoisotopic (exact) mass is 454 g/mol. The van der Waals surface area contributed by atoms with Crippen LogP contribution in [0.15, 0.2) is 59.6 Å². The number of rotatable bonds is 7.